The van der Waals surface area contributed by atoms with E-state index in [9.17, 15) is 9.59 Å². The highest BCUT2D eigenvalue weighted by Gasteiger charge is 2.53. The molecule has 3 fully saturated rings. The van der Waals surface area contributed by atoms with Gasteiger partial charge in [0.2, 0.25) is 5.91 Å². The number of carbonyl (C=O) groups is 2. The summed E-state index contributed by atoms with van der Waals surface area (Å²) in [6.45, 7) is 4.27. The van der Waals surface area contributed by atoms with Gasteiger partial charge < -0.3 is 9.80 Å². The number of benzene rings is 1. The van der Waals surface area contributed by atoms with Gasteiger partial charge in [0.1, 0.15) is 0 Å². The quantitative estimate of drug-likeness (QED) is 0.729. The number of nitrogens with zero attached hydrogens (tertiary/aromatic N) is 3. The maximum Gasteiger partial charge on any atom is 0.256 e. The minimum atomic E-state index is -0.301. The summed E-state index contributed by atoms with van der Waals surface area (Å²) in [6, 6.07) is 14.1. The molecule has 3 aliphatic rings. The van der Waals surface area contributed by atoms with Gasteiger partial charge in [0.25, 0.3) is 5.91 Å². The zero-order valence-electron chi connectivity index (χ0n) is 18.0. The Labute approximate surface area is 188 Å². The number of pyridine rings is 1. The molecule has 1 aromatic carbocycles. The van der Waals surface area contributed by atoms with Crippen molar-refractivity contribution in [3.05, 3.63) is 65.0 Å². The zero-order valence-corrected chi connectivity index (χ0v) is 18.9. The number of carbonyl (C=O) groups excluding carboxylic acids is 2. The normalized spacial score (nSPS) is 20.7. The molecule has 5 nitrogen and oxygen atoms in total. The van der Waals surface area contributed by atoms with Crippen LogP contribution in [0, 0.1) is 6.92 Å². The summed E-state index contributed by atoms with van der Waals surface area (Å²) in [5, 5.41) is 0. The lowest BCUT2D eigenvalue weighted by molar-refractivity contribution is -0.135. The molecule has 0 unspecified atom stereocenters. The molecule has 0 bridgehead atoms. The van der Waals surface area contributed by atoms with E-state index < -0.39 is 0 Å². The van der Waals surface area contributed by atoms with Crippen molar-refractivity contribution in [2.24, 2.45) is 0 Å². The lowest BCUT2D eigenvalue weighted by Gasteiger charge is -2.35. The summed E-state index contributed by atoms with van der Waals surface area (Å²) in [5.41, 5.74) is 3.48. The highest BCUT2D eigenvalue weighted by molar-refractivity contribution is 7.99. The van der Waals surface area contributed by atoms with Crippen molar-refractivity contribution in [3.63, 3.8) is 0 Å². The molecule has 2 aromatic rings. The van der Waals surface area contributed by atoms with Crippen LogP contribution in [0.1, 0.15) is 58.9 Å². The summed E-state index contributed by atoms with van der Waals surface area (Å²) in [4.78, 5) is 35.3. The van der Waals surface area contributed by atoms with Crippen LogP contribution in [0.25, 0.3) is 0 Å². The monoisotopic (exact) mass is 435 g/mol. The van der Waals surface area contributed by atoms with E-state index in [0.717, 1.165) is 79.5 Å². The van der Waals surface area contributed by atoms with Crippen LogP contribution >= 0.6 is 11.8 Å². The molecule has 3 heterocycles. The number of piperidine rings is 1. The van der Waals surface area contributed by atoms with Gasteiger partial charge in [-0.3, -0.25) is 14.6 Å². The average Bonchev–Trinajstić information content (AvgIpc) is 3.44. The molecular formula is C25H29N3O2S. The smallest absolute Gasteiger partial charge is 0.256 e. The van der Waals surface area contributed by atoms with E-state index in [1.165, 1.54) is 0 Å². The number of likely N-dealkylation sites (tertiary alicyclic amines) is 1. The molecule has 2 saturated heterocycles. The molecule has 0 N–H and O–H groups in total. The Morgan fingerprint density at radius 2 is 1.74 bits per heavy atom. The van der Waals surface area contributed by atoms with Crippen LogP contribution < -0.4 is 0 Å². The van der Waals surface area contributed by atoms with Crippen molar-refractivity contribution in [2.75, 3.05) is 31.3 Å². The van der Waals surface area contributed by atoms with Gasteiger partial charge in [-0.15, -0.1) is 11.8 Å². The molecule has 1 saturated carbocycles. The third-order valence-corrected chi connectivity index (χ3v) is 7.95. The van der Waals surface area contributed by atoms with Crippen molar-refractivity contribution in [1.82, 2.24) is 14.8 Å². The van der Waals surface area contributed by atoms with Crippen LogP contribution in [0.15, 0.2) is 42.5 Å². The summed E-state index contributed by atoms with van der Waals surface area (Å²) >= 11 is 1.80. The third kappa shape index (κ3) is 3.86. The summed E-state index contributed by atoms with van der Waals surface area (Å²) in [7, 11) is 0. The molecule has 6 heteroatoms. The Kier molecular flexibility index (Phi) is 5.51. The van der Waals surface area contributed by atoms with Gasteiger partial charge in [0, 0.05) is 37.0 Å². The second-order valence-electron chi connectivity index (χ2n) is 9.01. The number of aryl methyl sites for hydroxylation is 1. The summed E-state index contributed by atoms with van der Waals surface area (Å²) in [5.74, 6) is 2.38. The minimum Gasteiger partial charge on any atom is -0.342 e. The van der Waals surface area contributed by atoms with E-state index in [-0.39, 0.29) is 23.1 Å². The van der Waals surface area contributed by atoms with Crippen LogP contribution in [-0.4, -0.2) is 57.9 Å². The Morgan fingerprint density at radius 3 is 2.39 bits per heavy atom. The number of rotatable bonds is 4. The van der Waals surface area contributed by atoms with Gasteiger partial charge in [0.05, 0.1) is 22.5 Å². The Bertz CT molecular complexity index is 976. The van der Waals surface area contributed by atoms with Crippen molar-refractivity contribution in [2.45, 2.75) is 43.9 Å². The highest BCUT2D eigenvalue weighted by Crippen LogP contribution is 2.50. The first-order chi connectivity index (χ1) is 15.1. The van der Waals surface area contributed by atoms with Gasteiger partial charge in [0.15, 0.2) is 0 Å². The molecule has 31 heavy (non-hydrogen) atoms. The molecule has 2 aliphatic heterocycles. The Balaban J connectivity index is 1.30. The predicted molar refractivity (Wildman–Crippen MR) is 123 cm³/mol. The first kappa shape index (κ1) is 20.6. The molecule has 5 rings (SSSR count). The molecule has 2 amide bonds. The van der Waals surface area contributed by atoms with E-state index >= 15 is 0 Å². The van der Waals surface area contributed by atoms with Gasteiger partial charge in [-0.2, -0.15) is 0 Å². The van der Waals surface area contributed by atoms with Crippen molar-refractivity contribution >= 4 is 23.6 Å². The van der Waals surface area contributed by atoms with Crippen LogP contribution in [0.4, 0.5) is 0 Å². The second kappa shape index (κ2) is 8.30. The maximum absolute atomic E-state index is 13.4. The van der Waals surface area contributed by atoms with E-state index in [1.54, 1.807) is 11.8 Å². The lowest BCUT2D eigenvalue weighted by atomic mass is 9.88. The number of aromatic nitrogens is 1. The molecule has 0 atom stereocenters. The minimum absolute atomic E-state index is 0.104. The highest BCUT2D eigenvalue weighted by atomic mass is 32.2. The van der Waals surface area contributed by atoms with Crippen LogP contribution in [0.3, 0.4) is 0 Å². The fraction of sp³-hybridized carbons (Fsp3) is 0.480. The second-order valence-corrected chi connectivity index (χ2v) is 10.1. The first-order valence-corrected chi connectivity index (χ1v) is 12.4. The maximum atomic E-state index is 13.4. The van der Waals surface area contributed by atoms with Crippen molar-refractivity contribution in [3.8, 4) is 0 Å². The van der Waals surface area contributed by atoms with Crippen molar-refractivity contribution in [1.29, 1.82) is 0 Å². The average molecular weight is 436 g/mol. The van der Waals surface area contributed by atoms with Crippen LogP contribution in [-0.2, 0) is 10.2 Å². The number of amides is 2. The molecule has 162 valence electrons. The number of hydrogen-bond donors (Lipinski definition) is 0. The van der Waals surface area contributed by atoms with Crippen LogP contribution in [0.5, 0.6) is 0 Å². The SMILES string of the molecule is Cc1ccc(C(=O)N2CCSC2)c(C2CCN(C(=O)C3(c4ccccc4)CC3)CC2)n1. The standard InChI is InChI=1S/C25H29N3O2S/c1-18-7-8-21(23(29)28-15-16-31-17-28)22(26-18)19-9-13-27(14-10-19)24(30)25(11-12-25)20-5-3-2-4-6-20/h2-8,19H,9-17H2,1H3. The topological polar surface area (TPSA) is 53.5 Å². The van der Waals surface area contributed by atoms with Gasteiger partial charge >= 0.3 is 0 Å². The van der Waals surface area contributed by atoms with Gasteiger partial charge in [-0.25, -0.2) is 0 Å². The Hall–Kier alpha value is -2.34. The summed E-state index contributed by atoms with van der Waals surface area (Å²) in [6.07, 6.45) is 3.62. The Morgan fingerprint density at radius 1 is 1.00 bits per heavy atom. The predicted octanol–water partition coefficient (Wildman–Crippen LogP) is 3.97. The van der Waals surface area contributed by atoms with E-state index in [2.05, 4.69) is 12.1 Å². The van der Waals surface area contributed by atoms with E-state index in [4.69, 9.17) is 4.98 Å². The van der Waals surface area contributed by atoms with Crippen molar-refractivity contribution < 1.29 is 9.59 Å². The molecular weight excluding hydrogens is 406 g/mol. The fourth-order valence-corrected chi connectivity index (χ4v) is 5.93. The summed E-state index contributed by atoms with van der Waals surface area (Å²) < 4.78 is 0. The number of thioether (sulfide) groups is 1. The van der Waals surface area contributed by atoms with E-state index in [1.807, 2.05) is 47.1 Å². The van der Waals surface area contributed by atoms with E-state index in [0.29, 0.717) is 0 Å². The largest absolute Gasteiger partial charge is 0.342 e. The van der Waals surface area contributed by atoms with Gasteiger partial charge in [-0.1, -0.05) is 30.3 Å². The third-order valence-electron chi connectivity index (χ3n) is 6.99. The zero-order chi connectivity index (χ0) is 21.4. The molecule has 0 radical (unpaired) electrons. The molecule has 1 aromatic heterocycles. The molecule has 0 spiro atoms. The lowest BCUT2D eigenvalue weighted by Crippen LogP contribution is -2.44. The first-order valence-electron chi connectivity index (χ1n) is 11.3. The van der Waals surface area contributed by atoms with Crippen LogP contribution in [0.2, 0.25) is 0 Å². The van der Waals surface area contributed by atoms with Gasteiger partial charge in [-0.05, 0) is 50.3 Å². The molecule has 1 aliphatic carbocycles. The number of hydrogen-bond acceptors (Lipinski definition) is 4. The fourth-order valence-electron chi connectivity index (χ4n) is 4.98.